The summed E-state index contributed by atoms with van der Waals surface area (Å²) in [4.78, 5) is 8.59. The Morgan fingerprint density at radius 2 is 2.00 bits per heavy atom. The number of pyridine rings is 1. The minimum Gasteiger partial charge on any atom is -0.492 e. The quantitative estimate of drug-likeness (QED) is 0.581. The van der Waals surface area contributed by atoms with E-state index in [9.17, 15) is 0 Å². The van der Waals surface area contributed by atoms with Gasteiger partial charge in [-0.05, 0) is 37.8 Å². The van der Waals surface area contributed by atoms with Crippen LogP contribution in [0.4, 0.5) is 0 Å². The van der Waals surface area contributed by atoms with Crippen molar-refractivity contribution < 1.29 is 13.9 Å². The summed E-state index contributed by atoms with van der Waals surface area (Å²) in [5.74, 6) is 1.73. The number of methoxy groups -OCH3 is 1. The standard InChI is InChI=1S/C20H21N5O3/c1-26-19-14-10-22-9-8-16(14)28-20(19)15-11-23-17-6-7-18(24-25(15)17)27-13-4-2-12(21)3-5-13/h6-13H,2-5,21H2,1H3/t12-,13-. The molecular weight excluding hydrogens is 358 g/mol. The van der Waals surface area contributed by atoms with Gasteiger partial charge in [-0.3, -0.25) is 4.98 Å². The average molecular weight is 379 g/mol. The van der Waals surface area contributed by atoms with Gasteiger partial charge >= 0.3 is 0 Å². The molecule has 8 heteroatoms. The molecule has 0 aromatic carbocycles. The second kappa shape index (κ2) is 6.79. The molecule has 2 N–H and O–H groups in total. The van der Waals surface area contributed by atoms with Crippen molar-refractivity contribution in [2.75, 3.05) is 7.11 Å². The number of ether oxygens (including phenoxy) is 2. The van der Waals surface area contributed by atoms with Crippen LogP contribution in [0.3, 0.4) is 0 Å². The number of hydrogen-bond acceptors (Lipinski definition) is 7. The Balaban J connectivity index is 1.54. The molecule has 1 aliphatic carbocycles. The van der Waals surface area contributed by atoms with Gasteiger partial charge in [0.05, 0.1) is 18.7 Å². The molecule has 0 amide bonds. The molecule has 4 aromatic rings. The Kier molecular flexibility index (Phi) is 4.12. The Morgan fingerprint density at radius 3 is 2.82 bits per heavy atom. The normalized spacial score (nSPS) is 19.9. The van der Waals surface area contributed by atoms with E-state index in [1.54, 1.807) is 36.3 Å². The van der Waals surface area contributed by atoms with Crippen LogP contribution in [-0.2, 0) is 0 Å². The third kappa shape index (κ3) is 2.86. The number of furan rings is 1. The summed E-state index contributed by atoms with van der Waals surface area (Å²) in [7, 11) is 1.61. The van der Waals surface area contributed by atoms with Crippen LogP contribution >= 0.6 is 0 Å². The zero-order valence-corrected chi connectivity index (χ0v) is 15.5. The molecule has 1 saturated carbocycles. The van der Waals surface area contributed by atoms with Gasteiger partial charge < -0.3 is 19.6 Å². The van der Waals surface area contributed by atoms with Gasteiger partial charge in [0.15, 0.2) is 17.2 Å². The van der Waals surface area contributed by atoms with Crippen LogP contribution in [0.1, 0.15) is 25.7 Å². The highest BCUT2D eigenvalue weighted by Gasteiger charge is 2.23. The van der Waals surface area contributed by atoms with Gasteiger partial charge in [0.1, 0.15) is 17.4 Å². The molecule has 4 heterocycles. The maximum Gasteiger partial charge on any atom is 0.232 e. The monoisotopic (exact) mass is 379 g/mol. The fourth-order valence-electron chi connectivity index (χ4n) is 3.74. The number of rotatable bonds is 4. The predicted molar refractivity (Wildman–Crippen MR) is 103 cm³/mol. The van der Waals surface area contributed by atoms with Crippen molar-refractivity contribution in [2.45, 2.75) is 37.8 Å². The third-order valence-corrected chi connectivity index (χ3v) is 5.22. The second-order valence-electron chi connectivity index (χ2n) is 7.08. The molecule has 8 nitrogen and oxygen atoms in total. The number of nitrogens with two attached hydrogens (primary N) is 1. The molecule has 28 heavy (non-hydrogen) atoms. The van der Waals surface area contributed by atoms with Crippen LogP contribution in [0.25, 0.3) is 28.1 Å². The summed E-state index contributed by atoms with van der Waals surface area (Å²) in [5, 5.41) is 5.45. The van der Waals surface area contributed by atoms with Crippen molar-refractivity contribution in [3.63, 3.8) is 0 Å². The van der Waals surface area contributed by atoms with E-state index in [0.717, 1.165) is 31.1 Å². The Morgan fingerprint density at radius 1 is 1.14 bits per heavy atom. The van der Waals surface area contributed by atoms with Crippen LogP contribution in [0.15, 0.2) is 41.2 Å². The molecule has 0 bridgehead atoms. The molecular formula is C20H21N5O3. The number of aromatic nitrogens is 4. The summed E-state index contributed by atoms with van der Waals surface area (Å²) in [5.41, 5.74) is 8.08. The van der Waals surface area contributed by atoms with E-state index in [1.807, 2.05) is 12.1 Å². The predicted octanol–water partition coefficient (Wildman–Crippen LogP) is 3.19. The first-order valence-electron chi connectivity index (χ1n) is 9.41. The second-order valence-corrected chi connectivity index (χ2v) is 7.08. The third-order valence-electron chi connectivity index (χ3n) is 5.22. The lowest BCUT2D eigenvalue weighted by Crippen LogP contribution is -2.31. The number of nitrogens with zero attached hydrogens (tertiary/aromatic N) is 4. The van der Waals surface area contributed by atoms with Gasteiger partial charge in [-0.15, -0.1) is 5.10 Å². The molecule has 144 valence electrons. The molecule has 0 radical (unpaired) electrons. The van der Waals surface area contributed by atoms with Crippen molar-refractivity contribution in [1.29, 1.82) is 0 Å². The molecule has 0 aliphatic heterocycles. The minimum atomic E-state index is 0.142. The topological polar surface area (TPSA) is 101 Å². The highest BCUT2D eigenvalue weighted by molar-refractivity contribution is 5.90. The highest BCUT2D eigenvalue weighted by atomic mass is 16.5. The van der Waals surface area contributed by atoms with Crippen molar-refractivity contribution in [1.82, 2.24) is 19.6 Å². The SMILES string of the molecule is COc1c(-c2cnc3ccc(O[C@H]4CC[C@H](N)CC4)nn23)oc2ccncc12. The Hall–Kier alpha value is -3.13. The first-order valence-corrected chi connectivity index (χ1v) is 9.41. The maximum absolute atomic E-state index is 6.10. The van der Waals surface area contributed by atoms with Gasteiger partial charge in [0, 0.05) is 24.5 Å². The van der Waals surface area contributed by atoms with E-state index in [1.165, 1.54) is 0 Å². The van der Waals surface area contributed by atoms with Gasteiger partial charge in [-0.2, -0.15) is 0 Å². The molecule has 0 unspecified atom stereocenters. The van der Waals surface area contributed by atoms with E-state index in [4.69, 9.17) is 19.6 Å². The molecule has 0 atom stereocenters. The summed E-state index contributed by atoms with van der Waals surface area (Å²) in [6, 6.07) is 5.82. The largest absolute Gasteiger partial charge is 0.492 e. The highest BCUT2D eigenvalue weighted by Crippen LogP contribution is 2.39. The number of fused-ring (bicyclic) bond motifs is 2. The molecule has 0 saturated heterocycles. The Labute approximate surface area is 161 Å². The molecule has 1 aliphatic rings. The van der Waals surface area contributed by atoms with Crippen LogP contribution < -0.4 is 15.2 Å². The fraction of sp³-hybridized carbons (Fsp3) is 0.350. The Bertz CT molecular complexity index is 1130. The first kappa shape index (κ1) is 17.0. The summed E-state index contributed by atoms with van der Waals surface area (Å²) >= 11 is 0. The first-order chi connectivity index (χ1) is 13.7. The van der Waals surface area contributed by atoms with E-state index in [2.05, 4.69) is 15.1 Å². The van der Waals surface area contributed by atoms with Crippen molar-refractivity contribution in [3.8, 4) is 23.1 Å². The van der Waals surface area contributed by atoms with Gasteiger partial charge in [0.25, 0.3) is 0 Å². The average Bonchev–Trinajstić information content (AvgIpc) is 3.30. The lowest BCUT2D eigenvalue weighted by Gasteiger charge is -2.26. The zero-order chi connectivity index (χ0) is 19.1. The molecule has 0 spiro atoms. The van der Waals surface area contributed by atoms with Gasteiger partial charge in [-0.25, -0.2) is 9.50 Å². The molecule has 4 aromatic heterocycles. The van der Waals surface area contributed by atoms with Gasteiger partial charge in [0.2, 0.25) is 5.88 Å². The van der Waals surface area contributed by atoms with Crippen molar-refractivity contribution in [2.24, 2.45) is 5.73 Å². The zero-order valence-electron chi connectivity index (χ0n) is 15.5. The lowest BCUT2D eigenvalue weighted by molar-refractivity contribution is 0.139. The smallest absolute Gasteiger partial charge is 0.232 e. The van der Waals surface area contributed by atoms with Crippen LogP contribution in [0.2, 0.25) is 0 Å². The van der Waals surface area contributed by atoms with Gasteiger partial charge in [-0.1, -0.05) is 0 Å². The molecule has 1 fully saturated rings. The number of imidazole rings is 1. The lowest BCUT2D eigenvalue weighted by atomic mass is 9.94. The summed E-state index contributed by atoms with van der Waals surface area (Å²) in [6.45, 7) is 0. The summed E-state index contributed by atoms with van der Waals surface area (Å²) < 4.78 is 19.4. The maximum atomic E-state index is 6.10. The van der Waals surface area contributed by atoms with E-state index in [-0.39, 0.29) is 12.1 Å². The van der Waals surface area contributed by atoms with Crippen molar-refractivity contribution in [3.05, 3.63) is 36.8 Å². The van der Waals surface area contributed by atoms with E-state index < -0.39 is 0 Å². The fourth-order valence-corrected chi connectivity index (χ4v) is 3.74. The van der Waals surface area contributed by atoms with E-state index >= 15 is 0 Å². The van der Waals surface area contributed by atoms with E-state index in [0.29, 0.717) is 34.3 Å². The van der Waals surface area contributed by atoms with Crippen LogP contribution in [-0.4, -0.2) is 38.8 Å². The van der Waals surface area contributed by atoms with Crippen molar-refractivity contribution >= 4 is 16.6 Å². The minimum absolute atomic E-state index is 0.142. The number of hydrogen-bond donors (Lipinski definition) is 1. The molecule has 5 rings (SSSR count). The van der Waals surface area contributed by atoms with Crippen LogP contribution in [0.5, 0.6) is 11.6 Å². The summed E-state index contributed by atoms with van der Waals surface area (Å²) in [6.07, 6.45) is 9.12. The van der Waals surface area contributed by atoms with Crippen LogP contribution in [0, 0.1) is 0 Å².